The number of aliphatic hydroxyl groups is 1. The van der Waals surface area contributed by atoms with Gasteiger partial charge in [-0.2, -0.15) is 26.6 Å². The fourth-order valence-electron chi connectivity index (χ4n) is 7.32. The molecule has 4 N–H and O–H groups in total. The van der Waals surface area contributed by atoms with E-state index in [0.717, 1.165) is 28.8 Å². The summed E-state index contributed by atoms with van der Waals surface area (Å²) in [7, 11) is -5.73. The van der Waals surface area contributed by atoms with Gasteiger partial charge in [-0.05, 0) is 82.3 Å². The van der Waals surface area contributed by atoms with E-state index in [1.54, 1.807) is 24.3 Å². The lowest BCUT2D eigenvalue weighted by Gasteiger charge is -2.49. The maximum atomic E-state index is 14.6. The van der Waals surface area contributed by atoms with Crippen molar-refractivity contribution in [1.29, 1.82) is 0 Å². The number of hydrogen-bond acceptors (Lipinski definition) is 8. The molecule has 5 aromatic rings. The van der Waals surface area contributed by atoms with Crippen LogP contribution in [0.2, 0.25) is 5.02 Å². The van der Waals surface area contributed by atoms with Gasteiger partial charge in [-0.1, -0.05) is 89.5 Å². The number of hydrogen-bond donors (Lipinski definition) is 4. The van der Waals surface area contributed by atoms with E-state index in [2.05, 4.69) is 58.2 Å². The van der Waals surface area contributed by atoms with Crippen molar-refractivity contribution in [3.63, 3.8) is 0 Å². The molecule has 0 saturated carbocycles. The van der Waals surface area contributed by atoms with Crippen molar-refractivity contribution in [3.05, 3.63) is 106 Å². The zero-order chi connectivity index (χ0) is 39.9. The van der Waals surface area contributed by atoms with Crippen molar-refractivity contribution in [2.75, 3.05) is 15.4 Å². The zero-order valence-corrected chi connectivity index (χ0v) is 32.4. The number of alkyl halides is 3. The molecule has 55 heavy (non-hydrogen) atoms. The smallest absolute Gasteiger partial charge is 0.471 e. The summed E-state index contributed by atoms with van der Waals surface area (Å²) in [6.07, 6.45) is -0.927. The number of oxazole rings is 1. The van der Waals surface area contributed by atoms with Crippen molar-refractivity contribution in [3.8, 4) is 5.75 Å². The summed E-state index contributed by atoms with van der Waals surface area (Å²) in [4.78, 5) is 19.4. The number of sulfonamides is 1. The number of carbonyl (C=O) groups is 1. The molecule has 1 aromatic heterocycles. The molecule has 4 aromatic carbocycles. The van der Waals surface area contributed by atoms with Gasteiger partial charge >= 0.3 is 15.5 Å². The van der Waals surface area contributed by atoms with Crippen molar-refractivity contribution in [2.24, 2.45) is 5.92 Å². The average molecular weight is 797 g/mol. The fourth-order valence-corrected chi connectivity index (χ4v) is 8.11. The Labute approximate surface area is 321 Å². The third-order valence-corrected chi connectivity index (χ3v) is 11.5. The van der Waals surface area contributed by atoms with E-state index in [1.165, 1.54) is 16.9 Å². The van der Waals surface area contributed by atoms with E-state index in [-0.39, 0.29) is 34.7 Å². The van der Waals surface area contributed by atoms with E-state index >= 15 is 0 Å². The number of amides is 1. The molecule has 0 bridgehead atoms. The standard InChI is InChI=1S/C40H40ClF3N4O6S/c1-37(2,3)23-17-29(38(4,5)6)33-30(18-23)46-36(53-33)47-31-19-25(41)16-22-15-24-14-21-10-7-8-13-28(21)34(49)39(24,54-32(22)31)35(50)45-26-11-9-12-27(20-26)48-55(51,52)40(42,43)44/h7-13,16-20,24,34,48-49H,14-15H2,1-6H3,(H,45,50)(H,46,47)/t24-,34-,39+/m1/s1. The molecule has 1 aliphatic carbocycles. The van der Waals surface area contributed by atoms with Crippen molar-refractivity contribution in [1.82, 2.24) is 4.98 Å². The number of carbonyl (C=O) groups excluding carboxylic acids is 1. The molecule has 7 rings (SSSR count). The minimum absolute atomic E-state index is 0.0360. The molecule has 2 aliphatic rings. The summed E-state index contributed by atoms with van der Waals surface area (Å²) in [6, 6.07) is 19.6. The predicted octanol–water partition coefficient (Wildman–Crippen LogP) is 9.30. The molecule has 0 saturated heterocycles. The molecule has 0 spiro atoms. The highest BCUT2D eigenvalue weighted by molar-refractivity contribution is 7.93. The predicted molar refractivity (Wildman–Crippen MR) is 205 cm³/mol. The van der Waals surface area contributed by atoms with E-state index in [4.69, 9.17) is 25.7 Å². The number of rotatable bonds is 6. The number of halogens is 4. The van der Waals surface area contributed by atoms with Gasteiger partial charge in [0.05, 0.1) is 11.4 Å². The summed E-state index contributed by atoms with van der Waals surface area (Å²) < 4.78 is 77.6. The molecule has 15 heteroatoms. The fraction of sp³-hybridized carbons (Fsp3) is 0.350. The highest BCUT2D eigenvalue weighted by atomic mass is 35.5. The largest absolute Gasteiger partial charge is 0.516 e. The van der Waals surface area contributed by atoms with Crippen LogP contribution in [0.3, 0.4) is 0 Å². The third kappa shape index (κ3) is 7.00. The van der Waals surface area contributed by atoms with Crippen LogP contribution in [0.4, 0.5) is 36.2 Å². The normalized spacial score (nSPS) is 19.8. The molecule has 3 atom stereocenters. The Morgan fingerprint density at radius 2 is 1.60 bits per heavy atom. The van der Waals surface area contributed by atoms with Crippen molar-refractivity contribution < 1.29 is 40.6 Å². The Morgan fingerprint density at radius 1 is 0.909 bits per heavy atom. The summed E-state index contributed by atoms with van der Waals surface area (Å²) in [5.41, 5.74) is -2.87. The van der Waals surface area contributed by atoms with Gasteiger partial charge in [0.15, 0.2) is 5.58 Å². The molecule has 2 heterocycles. The molecular weight excluding hydrogens is 757 g/mol. The molecule has 1 aliphatic heterocycles. The quantitative estimate of drug-likeness (QED) is 0.133. The van der Waals surface area contributed by atoms with Crippen LogP contribution in [-0.4, -0.2) is 35.5 Å². The Balaban J connectivity index is 1.30. The first-order chi connectivity index (χ1) is 25.6. The number of aliphatic hydroxyl groups excluding tert-OH is 1. The highest BCUT2D eigenvalue weighted by Crippen LogP contribution is 2.53. The SMILES string of the molecule is CC(C)(C)c1cc(C(C)(C)C)c2oc(Nc3cc(Cl)cc4c3O[C@@]3(C(=O)Nc5cccc(NS(=O)(=O)C(F)(F)F)c5)[C@H](Cc5ccccc5[C@H]3O)C4)nc2c1. The Hall–Kier alpha value is -4.79. The Kier molecular flexibility index (Phi) is 9.21. The van der Waals surface area contributed by atoms with Gasteiger partial charge in [-0.15, -0.1) is 0 Å². The number of benzene rings is 4. The van der Waals surface area contributed by atoms with Gasteiger partial charge in [0, 0.05) is 22.2 Å². The van der Waals surface area contributed by atoms with Crippen LogP contribution in [-0.2, 0) is 38.5 Å². The maximum absolute atomic E-state index is 14.6. The molecule has 10 nitrogen and oxygen atoms in total. The van der Waals surface area contributed by atoms with E-state index < -0.39 is 44.7 Å². The van der Waals surface area contributed by atoms with Crippen LogP contribution in [0.25, 0.3) is 11.1 Å². The number of nitrogens with zero attached hydrogens (tertiary/aromatic N) is 1. The second kappa shape index (κ2) is 13.2. The molecule has 0 radical (unpaired) electrons. The van der Waals surface area contributed by atoms with E-state index in [1.807, 2.05) is 18.2 Å². The molecule has 290 valence electrons. The van der Waals surface area contributed by atoms with Crippen LogP contribution < -0.4 is 20.1 Å². The summed E-state index contributed by atoms with van der Waals surface area (Å²) in [5, 5.41) is 18.4. The van der Waals surface area contributed by atoms with E-state index in [9.17, 15) is 31.5 Å². The number of aromatic nitrogens is 1. The lowest BCUT2D eigenvalue weighted by atomic mass is 9.66. The monoisotopic (exact) mass is 796 g/mol. The maximum Gasteiger partial charge on any atom is 0.516 e. The van der Waals surface area contributed by atoms with Crippen LogP contribution in [0.1, 0.15) is 75.5 Å². The summed E-state index contributed by atoms with van der Waals surface area (Å²) in [6.45, 7) is 12.7. The highest BCUT2D eigenvalue weighted by Gasteiger charge is 2.59. The van der Waals surface area contributed by atoms with Gasteiger partial charge < -0.3 is 24.9 Å². The van der Waals surface area contributed by atoms with Gasteiger partial charge in [0.1, 0.15) is 17.4 Å². The summed E-state index contributed by atoms with van der Waals surface area (Å²) in [5.74, 6) is -1.22. The van der Waals surface area contributed by atoms with Gasteiger partial charge in [0.25, 0.3) is 11.9 Å². The minimum atomic E-state index is -5.73. The number of nitrogens with one attached hydrogen (secondary N) is 3. The number of ether oxygens (including phenoxy) is 1. The van der Waals surface area contributed by atoms with Crippen LogP contribution in [0, 0.1) is 5.92 Å². The van der Waals surface area contributed by atoms with Crippen molar-refractivity contribution >= 4 is 61.7 Å². The molecule has 0 unspecified atom stereocenters. The van der Waals surface area contributed by atoms with Crippen LogP contribution in [0.5, 0.6) is 5.75 Å². The first-order valence-corrected chi connectivity index (χ1v) is 19.4. The second-order valence-electron chi connectivity index (χ2n) is 16.1. The lowest BCUT2D eigenvalue weighted by molar-refractivity contribution is -0.157. The molecular formula is C40H40ClF3N4O6S. The first kappa shape index (κ1) is 38.5. The number of fused-ring (bicyclic) bond motifs is 4. The lowest BCUT2D eigenvalue weighted by Crippen LogP contribution is -2.62. The second-order valence-corrected chi connectivity index (χ2v) is 18.3. The van der Waals surface area contributed by atoms with Gasteiger partial charge in [-0.25, -0.2) is 0 Å². The third-order valence-electron chi connectivity index (χ3n) is 10.1. The Morgan fingerprint density at radius 3 is 2.29 bits per heavy atom. The topological polar surface area (TPSA) is 143 Å². The van der Waals surface area contributed by atoms with Gasteiger partial charge in [-0.3, -0.25) is 9.52 Å². The zero-order valence-electron chi connectivity index (χ0n) is 30.9. The van der Waals surface area contributed by atoms with Gasteiger partial charge in [0.2, 0.25) is 5.60 Å². The number of anilines is 4. The van der Waals surface area contributed by atoms with Crippen molar-refractivity contribution in [2.45, 2.75) is 82.4 Å². The van der Waals surface area contributed by atoms with Crippen LogP contribution in [0.15, 0.2) is 77.2 Å². The minimum Gasteiger partial charge on any atom is -0.471 e. The Bertz CT molecular complexity index is 2460. The summed E-state index contributed by atoms with van der Waals surface area (Å²) >= 11 is 6.67. The van der Waals surface area contributed by atoms with Crippen LogP contribution >= 0.6 is 11.6 Å². The molecule has 1 amide bonds. The molecule has 0 fully saturated rings. The van der Waals surface area contributed by atoms with E-state index in [0.29, 0.717) is 39.4 Å². The first-order valence-electron chi connectivity index (χ1n) is 17.6. The average Bonchev–Trinajstić information content (AvgIpc) is 3.48.